The first kappa shape index (κ1) is 20.8. The summed E-state index contributed by atoms with van der Waals surface area (Å²) in [6.45, 7) is 1.70. The number of hydrogen-bond acceptors (Lipinski definition) is 5. The van der Waals surface area contributed by atoms with Crippen molar-refractivity contribution in [3.05, 3.63) is 77.5 Å². The Balaban J connectivity index is 1.95. The van der Waals surface area contributed by atoms with Crippen LogP contribution in [0.3, 0.4) is 0 Å². The van der Waals surface area contributed by atoms with Crippen molar-refractivity contribution in [2.45, 2.75) is 20.1 Å². The number of aliphatic hydroxyl groups excluding tert-OH is 2. The summed E-state index contributed by atoms with van der Waals surface area (Å²) in [4.78, 5) is 4.83. The molecule has 0 aliphatic carbocycles. The second-order valence-electron chi connectivity index (χ2n) is 7.38. The molecule has 3 aromatic carbocycles. The van der Waals surface area contributed by atoms with Crippen LogP contribution in [-0.2, 0) is 13.2 Å². The zero-order valence-corrected chi connectivity index (χ0v) is 17.8. The quantitative estimate of drug-likeness (QED) is 0.470. The second kappa shape index (κ2) is 8.76. The fourth-order valence-electron chi connectivity index (χ4n) is 3.95. The van der Waals surface area contributed by atoms with Crippen LogP contribution in [0.5, 0.6) is 11.5 Å². The normalized spacial score (nSPS) is 11.0. The molecule has 2 N–H and O–H groups in total. The highest BCUT2D eigenvalue weighted by atomic mass is 16.5. The first-order valence-electron chi connectivity index (χ1n) is 10.1. The van der Waals surface area contributed by atoms with Crippen LogP contribution in [0.4, 0.5) is 0 Å². The fraction of sp³-hybridized carbons (Fsp3) is 0.192. The number of fused-ring (bicyclic) bond motifs is 1. The third-order valence-electron chi connectivity index (χ3n) is 5.54. The predicted molar refractivity (Wildman–Crippen MR) is 122 cm³/mol. The number of aryl methyl sites for hydroxylation is 1. The minimum Gasteiger partial charge on any atom is -0.493 e. The van der Waals surface area contributed by atoms with Gasteiger partial charge in [0.05, 0.1) is 33.1 Å². The minimum atomic E-state index is -0.128. The largest absolute Gasteiger partial charge is 0.493 e. The topological polar surface area (TPSA) is 71.8 Å². The third kappa shape index (κ3) is 3.85. The summed E-state index contributed by atoms with van der Waals surface area (Å²) in [5.74, 6) is 1.30. The molecule has 0 saturated carbocycles. The lowest BCUT2D eigenvalue weighted by atomic mass is 9.96. The Morgan fingerprint density at radius 2 is 1.52 bits per heavy atom. The molecule has 31 heavy (non-hydrogen) atoms. The van der Waals surface area contributed by atoms with Crippen molar-refractivity contribution < 1.29 is 19.7 Å². The predicted octanol–water partition coefficient (Wildman–Crippen LogP) is 4.88. The standard InChI is InChI=1S/C26H25NO4/c1-16-22-11-21(15-29)20(14-28)9-18(22)12-24(27-16)19-10-23(17-7-5-4-6-8-17)26(31-3)25(13-19)30-2/h4-13,28-29H,14-15H2,1-3H3. The van der Waals surface area contributed by atoms with E-state index in [1.807, 2.05) is 61.5 Å². The van der Waals surface area contributed by atoms with Crippen molar-refractivity contribution in [1.82, 2.24) is 4.98 Å². The van der Waals surface area contributed by atoms with E-state index in [1.54, 1.807) is 14.2 Å². The van der Waals surface area contributed by atoms with Gasteiger partial charge in [0.1, 0.15) is 0 Å². The fourth-order valence-corrected chi connectivity index (χ4v) is 3.95. The summed E-state index contributed by atoms with van der Waals surface area (Å²) in [6, 6.07) is 19.8. The van der Waals surface area contributed by atoms with Crippen LogP contribution in [-0.4, -0.2) is 29.4 Å². The van der Waals surface area contributed by atoms with Crippen LogP contribution in [0.15, 0.2) is 60.7 Å². The molecule has 0 atom stereocenters. The van der Waals surface area contributed by atoms with Crippen LogP contribution in [0.1, 0.15) is 16.8 Å². The number of aliphatic hydroxyl groups is 2. The van der Waals surface area contributed by atoms with Crippen LogP contribution >= 0.6 is 0 Å². The van der Waals surface area contributed by atoms with E-state index in [0.29, 0.717) is 22.6 Å². The molecule has 5 nitrogen and oxygen atoms in total. The SMILES string of the molecule is COc1cc(-c2cc3cc(CO)c(CO)cc3c(C)n2)cc(-c2ccccc2)c1OC. The summed E-state index contributed by atoms with van der Waals surface area (Å²) in [6.07, 6.45) is 0. The minimum absolute atomic E-state index is 0.122. The van der Waals surface area contributed by atoms with E-state index in [0.717, 1.165) is 38.9 Å². The highest BCUT2D eigenvalue weighted by Crippen LogP contribution is 2.42. The molecule has 0 spiro atoms. The molecule has 4 rings (SSSR count). The Labute approximate surface area is 181 Å². The maximum atomic E-state index is 9.70. The lowest BCUT2D eigenvalue weighted by Crippen LogP contribution is -1.98. The Bertz CT molecular complexity index is 1240. The van der Waals surface area contributed by atoms with Gasteiger partial charge in [-0.1, -0.05) is 30.3 Å². The van der Waals surface area contributed by atoms with Crippen molar-refractivity contribution in [3.8, 4) is 33.9 Å². The van der Waals surface area contributed by atoms with Gasteiger partial charge in [0.2, 0.25) is 0 Å². The molecule has 0 bridgehead atoms. The first-order chi connectivity index (χ1) is 15.1. The smallest absolute Gasteiger partial charge is 0.168 e. The Hall–Kier alpha value is -3.41. The van der Waals surface area contributed by atoms with E-state index in [9.17, 15) is 10.2 Å². The van der Waals surface area contributed by atoms with Gasteiger partial charge >= 0.3 is 0 Å². The molecular formula is C26H25NO4. The van der Waals surface area contributed by atoms with Crippen molar-refractivity contribution in [1.29, 1.82) is 0 Å². The van der Waals surface area contributed by atoms with Gasteiger partial charge < -0.3 is 19.7 Å². The van der Waals surface area contributed by atoms with Crippen molar-refractivity contribution in [2.24, 2.45) is 0 Å². The molecular weight excluding hydrogens is 390 g/mol. The van der Waals surface area contributed by atoms with Crippen LogP contribution < -0.4 is 9.47 Å². The maximum absolute atomic E-state index is 9.70. The molecule has 0 radical (unpaired) electrons. The number of ether oxygens (including phenoxy) is 2. The Morgan fingerprint density at radius 3 is 2.16 bits per heavy atom. The van der Waals surface area contributed by atoms with E-state index in [4.69, 9.17) is 14.5 Å². The molecule has 0 amide bonds. The van der Waals surface area contributed by atoms with E-state index in [1.165, 1.54) is 0 Å². The monoisotopic (exact) mass is 415 g/mol. The van der Waals surface area contributed by atoms with E-state index >= 15 is 0 Å². The summed E-state index contributed by atoms with van der Waals surface area (Å²) >= 11 is 0. The number of methoxy groups -OCH3 is 2. The average Bonchev–Trinajstić information content (AvgIpc) is 2.82. The van der Waals surface area contributed by atoms with Gasteiger partial charge in [0.15, 0.2) is 11.5 Å². The summed E-state index contributed by atoms with van der Waals surface area (Å²) in [5.41, 5.74) is 5.91. The van der Waals surface area contributed by atoms with Gasteiger partial charge in [0.25, 0.3) is 0 Å². The van der Waals surface area contributed by atoms with E-state index < -0.39 is 0 Å². The number of nitrogens with zero attached hydrogens (tertiary/aromatic N) is 1. The average molecular weight is 415 g/mol. The molecule has 1 aromatic heterocycles. The van der Waals surface area contributed by atoms with E-state index in [2.05, 4.69) is 6.07 Å². The van der Waals surface area contributed by atoms with Gasteiger partial charge in [-0.2, -0.15) is 0 Å². The van der Waals surface area contributed by atoms with Crippen LogP contribution in [0, 0.1) is 6.92 Å². The van der Waals surface area contributed by atoms with Crippen LogP contribution in [0.2, 0.25) is 0 Å². The third-order valence-corrected chi connectivity index (χ3v) is 5.54. The highest BCUT2D eigenvalue weighted by molar-refractivity contribution is 5.90. The molecule has 5 heteroatoms. The molecule has 0 aliphatic heterocycles. The lowest BCUT2D eigenvalue weighted by molar-refractivity contribution is 0.260. The molecule has 0 saturated heterocycles. The zero-order chi connectivity index (χ0) is 22.0. The van der Waals surface area contributed by atoms with Crippen molar-refractivity contribution >= 4 is 10.8 Å². The maximum Gasteiger partial charge on any atom is 0.168 e. The van der Waals surface area contributed by atoms with Gasteiger partial charge in [-0.15, -0.1) is 0 Å². The zero-order valence-electron chi connectivity index (χ0n) is 17.8. The summed E-state index contributed by atoms with van der Waals surface area (Å²) < 4.78 is 11.3. The first-order valence-corrected chi connectivity index (χ1v) is 10.1. The Morgan fingerprint density at radius 1 is 0.806 bits per heavy atom. The van der Waals surface area contributed by atoms with E-state index in [-0.39, 0.29) is 13.2 Å². The number of aromatic nitrogens is 1. The summed E-state index contributed by atoms with van der Waals surface area (Å²) in [5, 5.41) is 21.2. The molecule has 4 aromatic rings. The number of rotatable bonds is 6. The molecule has 158 valence electrons. The second-order valence-corrected chi connectivity index (χ2v) is 7.38. The molecule has 1 heterocycles. The molecule has 0 unspecified atom stereocenters. The molecule has 0 aliphatic rings. The summed E-state index contributed by atoms with van der Waals surface area (Å²) in [7, 11) is 3.26. The van der Waals surface area contributed by atoms with Gasteiger partial charge in [-0.05, 0) is 59.3 Å². The van der Waals surface area contributed by atoms with Gasteiger partial charge in [-0.3, -0.25) is 4.98 Å². The highest BCUT2D eigenvalue weighted by Gasteiger charge is 2.17. The lowest BCUT2D eigenvalue weighted by Gasteiger charge is -2.16. The number of pyridine rings is 1. The van der Waals surface area contributed by atoms with Crippen molar-refractivity contribution in [2.75, 3.05) is 14.2 Å². The number of hydrogen-bond donors (Lipinski definition) is 2. The van der Waals surface area contributed by atoms with Gasteiger partial charge in [-0.25, -0.2) is 0 Å². The number of benzene rings is 3. The van der Waals surface area contributed by atoms with Crippen LogP contribution in [0.25, 0.3) is 33.2 Å². The Kier molecular flexibility index (Phi) is 5.89. The van der Waals surface area contributed by atoms with Gasteiger partial charge in [0, 0.05) is 22.2 Å². The molecule has 0 fully saturated rings. The van der Waals surface area contributed by atoms with Crippen molar-refractivity contribution in [3.63, 3.8) is 0 Å².